The fraction of sp³-hybridized carbons (Fsp3) is 0.0167. The van der Waals surface area contributed by atoms with E-state index in [4.69, 9.17) is 15.0 Å². The van der Waals surface area contributed by atoms with Crippen molar-refractivity contribution in [3.05, 3.63) is 247 Å². The van der Waals surface area contributed by atoms with E-state index in [1.165, 1.54) is 42.1 Å². The highest BCUT2D eigenvalue weighted by molar-refractivity contribution is 7.26. The van der Waals surface area contributed by atoms with Crippen molar-refractivity contribution in [1.82, 2.24) is 15.3 Å². The van der Waals surface area contributed by atoms with Crippen LogP contribution < -0.4 is 5.32 Å². The molecule has 3 heterocycles. The van der Waals surface area contributed by atoms with Gasteiger partial charge in [-0.05, 0) is 74.5 Å². The minimum Gasteiger partial charge on any atom is -0.359 e. The van der Waals surface area contributed by atoms with Gasteiger partial charge in [-0.1, -0.05) is 200 Å². The number of fused-ring (bicyclic) bond motifs is 4. The lowest BCUT2D eigenvalue weighted by Gasteiger charge is -2.24. The first kappa shape index (κ1) is 38.4. The van der Waals surface area contributed by atoms with Crippen molar-refractivity contribution >= 4 is 53.8 Å². The summed E-state index contributed by atoms with van der Waals surface area (Å²) in [7, 11) is 0. The molecule has 306 valence electrons. The molecular formula is C60H40N4S. The average Bonchev–Trinajstić information content (AvgIpc) is 3.77. The van der Waals surface area contributed by atoms with Crippen LogP contribution in [0.25, 0.3) is 92.8 Å². The number of rotatable bonds is 8. The van der Waals surface area contributed by atoms with Gasteiger partial charge in [-0.2, -0.15) is 0 Å². The van der Waals surface area contributed by atoms with Crippen LogP contribution >= 0.6 is 11.3 Å². The predicted octanol–water partition coefficient (Wildman–Crippen LogP) is 15.5. The molecule has 0 fully saturated rings. The highest BCUT2D eigenvalue weighted by Crippen LogP contribution is 2.43. The molecule has 9 aromatic carbocycles. The Labute approximate surface area is 381 Å². The third kappa shape index (κ3) is 7.38. The van der Waals surface area contributed by atoms with Crippen molar-refractivity contribution in [2.24, 2.45) is 4.99 Å². The topological polar surface area (TPSA) is 50.2 Å². The van der Waals surface area contributed by atoms with Gasteiger partial charge in [0.05, 0.1) is 23.1 Å². The van der Waals surface area contributed by atoms with Crippen molar-refractivity contribution in [1.29, 1.82) is 0 Å². The van der Waals surface area contributed by atoms with Gasteiger partial charge in [0.2, 0.25) is 0 Å². The maximum atomic E-state index is 5.23. The summed E-state index contributed by atoms with van der Waals surface area (Å²) in [5.41, 5.74) is 13.8. The molecule has 0 aliphatic carbocycles. The molecule has 0 spiro atoms. The molecule has 1 atom stereocenters. The van der Waals surface area contributed by atoms with E-state index in [1.54, 1.807) is 0 Å². The van der Waals surface area contributed by atoms with E-state index in [9.17, 15) is 0 Å². The largest absolute Gasteiger partial charge is 0.359 e. The van der Waals surface area contributed by atoms with Crippen molar-refractivity contribution in [2.45, 2.75) is 6.04 Å². The third-order valence-corrected chi connectivity index (χ3v) is 13.5. The minimum absolute atomic E-state index is 0.0101. The first-order chi connectivity index (χ1) is 32.2. The molecule has 0 amide bonds. The molecule has 1 aliphatic rings. The minimum atomic E-state index is -0.0101. The summed E-state index contributed by atoms with van der Waals surface area (Å²) < 4.78 is 2.53. The van der Waals surface area contributed by atoms with Gasteiger partial charge in [-0.3, -0.25) is 0 Å². The molecule has 1 aliphatic heterocycles. The Morgan fingerprint density at radius 1 is 0.400 bits per heavy atom. The monoisotopic (exact) mass is 848 g/mol. The highest BCUT2D eigenvalue weighted by Gasteiger charge is 2.21. The van der Waals surface area contributed by atoms with Gasteiger partial charge >= 0.3 is 0 Å². The zero-order valence-electron chi connectivity index (χ0n) is 35.3. The summed E-state index contributed by atoms with van der Waals surface area (Å²) in [4.78, 5) is 15.6. The van der Waals surface area contributed by atoms with Gasteiger partial charge in [-0.15, -0.1) is 11.3 Å². The molecule has 5 heteroatoms. The number of aliphatic imine (C=N–C) groups is 1. The Morgan fingerprint density at radius 3 is 1.80 bits per heavy atom. The van der Waals surface area contributed by atoms with Gasteiger partial charge in [0.1, 0.15) is 5.84 Å². The van der Waals surface area contributed by atoms with E-state index in [-0.39, 0.29) is 6.04 Å². The predicted molar refractivity (Wildman–Crippen MR) is 273 cm³/mol. The van der Waals surface area contributed by atoms with Crippen LogP contribution in [0.1, 0.15) is 22.7 Å². The molecular weight excluding hydrogens is 809 g/mol. The van der Waals surface area contributed by atoms with Crippen LogP contribution in [0.3, 0.4) is 0 Å². The molecule has 2 aromatic heterocycles. The second kappa shape index (κ2) is 16.5. The lowest BCUT2D eigenvalue weighted by atomic mass is 9.93. The second-order valence-corrected chi connectivity index (χ2v) is 17.5. The van der Waals surface area contributed by atoms with Gasteiger partial charge < -0.3 is 5.32 Å². The summed E-state index contributed by atoms with van der Waals surface area (Å²) in [6.07, 6.45) is 2.22. The van der Waals surface area contributed by atoms with Crippen LogP contribution in [0.15, 0.2) is 236 Å². The van der Waals surface area contributed by atoms with Crippen LogP contribution in [0.4, 0.5) is 0 Å². The maximum Gasteiger partial charge on any atom is 0.160 e. The van der Waals surface area contributed by atoms with E-state index in [1.807, 2.05) is 23.5 Å². The SMILES string of the molecule is C1=C(c2ccccc2)N=C(c2ccc(-c3cc(-c4ccc(-c5nc(-c6ccccc6)cc(-c6cccc7ccccc67)n5)cc4)cc4sc5ccccc5c34)cc2)NC1c1ccccc1. The fourth-order valence-electron chi connectivity index (χ4n) is 9.08. The molecule has 1 unspecified atom stereocenters. The number of aromatic nitrogens is 2. The Bertz CT molecular complexity index is 3590. The van der Waals surface area contributed by atoms with Gasteiger partial charge in [0.25, 0.3) is 0 Å². The standard InChI is InChI=1S/C60H40N4S/c1-4-16-42(17-5-1)52-37-53(43-18-6-2-7-19-43)62-59(61-52)46-33-29-41(30-34-46)51-35-47(36-57-58(51)50-24-12-13-26-56(50)65-57)39-27-31-45(32-28-39)60-63-54(44-20-8-3-9-21-44)38-55(64-60)49-25-14-22-40-15-10-11-23-48(40)49/h1-38,52H,(H,61,62). The summed E-state index contributed by atoms with van der Waals surface area (Å²) in [5.74, 6) is 1.55. The van der Waals surface area contributed by atoms with Crippen molar-refractivity contribution in [3.8, 4) is 56.2 Å². The number of nitrogens with one attached hydrogen (secondary N) is 1. The van der Waals surface area contributed by atoms with E-state index in [2.05, 4.69) is 224 Å². The van der Waals surface area contributed by atoms with E-state index in [0.29, 0.717) is 5.82 Å². The number of benzene rings is 9. The summed E-state index contributed by atoms with van der Waals surface area (Å²) in [6, 6.07) is 79.5. The molecule has 0 bridgehead atoms. The number of nitrogens with zero attached hydrogens (tertiary/aromatic N) is 3. The number of thiophene rings is 1. The van der Waals surface area contributed by atoms with Gasteiger partial charge in [-0.25, -0.2) is 15.0 Å². The molecule has 1 N–H and O–H groups in total. The van der Waals surface area contributed by atoms with Crippen LogP contribution in [-0.2, 0) is 0 Å². The maximum absolute atomic E-state index is 5.23. The highest BCUT2D eigenvalue weighted by atomic mass is 32.1. The van der Waals surface area contributed by atoms with Crippen LogP contribution in [0.5, 0.6) is 0 Å². The summed E-state index contributed by atoms with van der Waals surface area (Å²) >= 11 is 1.85. The Hall–Kier alpha value is -8.25. The van der Waals surface area contributed by atoms with E-state index < -0.39 is 0 Å². The Balaban J connectivity index is 0.925. The lowest BCUT2D eigenvalue weighted by molar-refractivity contribution is 0.781. The Kier molecular flexibility index (Phi) is 9.73. The first-order valence-electron chi connectivity index (χ1n) is 22.0. The fourth-order valence-corrected chi connectivity index (χ4v) is 10.3. The van der Waals surface area contributed by atoms with Crippen LogP contribution in [0.2, 0.25) is 0 Å². The molecule has 0 radical (unpaired) electrons. The molecule has 0 saturated heterocycles. The molecule has 0 saturated carbocycles. The van der Waals surface area contributed by atoms with Crippen molar-refractivity contribution in [3.63, 3.8) is 0 Å². The smallest absolute Gasteiger partial charge is 0.160 e. The number of amidine groups is 1. The molecule has 4 nitrogen and oxygen atoms in total. The van der Waals surface area contributed by atoms with Crippen LogP contribution in [0, 0.1) is 0 Å². The average molecular weight is 849 g/mol. The van der Waals surface area contributed by atoms with Gasteiger partial charge in [0.15, 0.2) is 5.82 Å². The molecule has 11 aromatic rings. The van der Waals surface area contributed by atoms with Crippen LogP contribution in [-0.4, -0.2) is 15.8 Å². The van der Waals surface area contributed by atoms with Crippen molar-refractivity contribution in [2.75, 3.05) is 0 Å². The summed E-state index contributed by atoms with van der Waals surface area (Å²) in [6.45, 7) is 0. The molecule has 65 heavy (non-hydrogen) atoms. The van der Waals surface area contributed by atoms with E-state index in [0.717, 1.165) is 67.4 Å². The Morgan fingerprint density at radius 2 is 1.02 bits per heavy atom. The number of hydrogen-bond donors (Lipinski definition) is 1. The van der Waals surface area contributed by atoms with Crippen molar-refractivity contribution < 1.29 is 0 Å². The second-order valence-electron chi connectivity index (χ2n) is 16.4. The lowest BCUT2D eigenvalue weighted by Crippen LogP contribution is -2.31. The summed E-state index contributed by atoms with van der Waals surface area (Å²) in [5, 5.41) is 8.64. The van der Waals surface area contributed by atoms with E-state index >= 15 is 0 Å². The number of hydrogen-bond acceptors (Lipinski definition) is 5. The third-order valence-electron chi connectivity index (χ3n) is 12.4. The normalized spacial score (nSPS) is 13.7. The molecule has 12 rings (SSSR count). The first-order valence-corrected chi connectivity index (χ1v) is 22.8. The quantitative estimate of drug-likeness (QED) is 0.166. The zero-order chi connectivity index (χ0) is 43.1. The van der Waals surface area contributed by atoms with Gasteiger partial charge in [0, 0.05) is 42.4 Å². The zero-order valence-corrected chi connectivity index (χ0v) is 36.1.